The third-order valence-corrected chi connectivity index (χ3v) is 3.79. The van der Waals surface area contributed by atoms with Crippen LogP contribution in [0.25, 0.3) is 0 Å². The molecule has 0 spiro atoms. The molecule has 0 bridgehead atoms. The number of aliphatic carboxylic acids is 1. The number of fused-ring (bicyclic) bond motifs is 1. The summed E-state index contributed by atoms with van der Waals surface area (Å²) in [7, 11) is 0. The van der Waals surface area contributed by atoms with E-state index in [1.165, 1.54) is 0 Å². The van der Waals surface area contributed by atoms with Gasteiger partial charge in [0.15, 0.2) is 0 Å². The molecule has 1 fully saturated rings. The maximum absolute atomic E-state index is 11.3. The number of hydrogen-bond acceptors (Lipinski definition) is 4. The molecule has 1 aromatic heterocycles. The summed E-state index contributed by atoms with van der Waals surface area (Å²) in [6.45, 7) is 1.42. The maximum atomic E-state index is 11.3. The van der Waals surface area contributed by atoms with E-state index < -0.39 is 12.0 Å². The highest BCUT2D eigenvalue weighted by Gasteiger charge is 2.33. The van der Waals surface area contributed by atoms with Gasteiger partial charge in [-0.1, -0.05) is 0 Å². The summed E-state index contributed by atoms with van der Waals surface area (Å²) in [6.07, 6.45) is 4.37. The van der Waals surface area contributed by atoms with E-state index in [0.29, 0.717) is 13.0 Å². The van der Waals surface area contributed by atoms with Crippen molar-refractivity contribution in [2.75, 3.05) is 13.2 Å². The predicted molar refractivity (Wildman–Crippen MR) is 62.4 cm³/mol. The summed E-state index contributed by atoms with van der Waals surface area (Å²) in [4.78, 5) is 11.3. The lowest BCUT2D eigenvalue weighted by Gasteiger charge is -2.27. The van der Waals surface area contributed by atoms with E-state index in [1.54, 1.807) is 0 Å². The fourth-order valence-corrected chi connectivity index (χ4v) is 2.89. The smallest absolute Gasteiger partial charge is 0.326 e. The molecular formula is C12H17N3O3. The van der Waals surface area contributed by atoms with E-state index in [0.717, 1.165) is 43.9 Å². The van der Waals surface area contributed by atoms with Crippen LogP contribution in [0.15, 0.2) is 0 Å². The van der Waals surface area contributed by atoms with Gasteiger partial charge in [-0.2, -0.15) is 0 Å². The van der Waals surface area contributed by atoms with Crippen molar-refractivity contribution >= 4 is 5.97 Å². The van der Waals surface area contributed by atoms with Crippen molar-refractivity contribution in [2.45, 2.75) is 44.1 Å². The van der Waals surface area contributed by atoms with Gasteiger partial charge < -0.3 is 14.4 Å². The fraction of sp³-hybridized carbons (Fsp3) is 0.750. The van der Waals surface area contributed by atoms with E-state index >= 15 is 0 Å². The Bertz CT molecular complexity index is 451. The second-order valence-electron chi connectivity index (χ2n) is 5.00. The molecule has 0 aromatic carbocycles. The zero-order chi connectivity index (χ0) is 12.5. The van der Waals surface area contributed by atoms with Crippen LogP contribution in [0.3, 0.4) is 0 Å². The number of carboxylic acids is 1. The fourth-order valence-electron chi connectivity index (χ4n) is 2.89. The van der Waals surface area contributed by atoms with Gasteiger partial charge in [0, 0.05) is 18.9 Å². The molecule has 1 saturated heterocycles. The minimum absolute atomic E-state index is 0.194. The summed E-state index contributed by atoms with van der Waals surface area (Å²) < 4.78 is 7.30. The molecule has 0 aliphatic carbocycles. The Hall–Kier alpha value is -1.43. The molecular weight excluding hydrogens is 234 g/mol. The number of ether oxygens (including phenoxy) is 1. The van der Waals surface area contributed by atoms with Crippen molar-refractivity contribution in [3.63, 3.8) is 0 Å². The van der Waals surface area contributed by atoms with Crippen LogP contribution >= 0.6 is 0 Å². The SMILES string of the molecule is O=C(O)C1CCCc2nnc(C3CCCOC3)n21. The maximum Gasteiger partial charge on any atom is 0.326 e. The monoisotopic (exact) mass is 251 g/mol. The van der Waals surface area contributed by atoms with Crippen molar-refractivity contribution in [2.24, 2.45) is 0 Å². The number of rotatable bonds is 2. The van der Waals surface area contributed by atoms with Gasteiger partial charge in [0.1, 0.15) is 17.7 Å². The molecule has 18 heavy (non-hydrogen) atoms. The summed E-state index contributed by atoms with van der Waals surface area (Å²) >= 11 is 0. The van der Waals surface area contributed by atoms with E-state index in [4.69, 9.17) is 4.74 Å². The Kier molecular flexibility index (Phi) is 3.03. The first-order valence-electron chi connectivity index (χ1n) is 6.51. The molecule has 3 rings (SSSR count). The zero-order valence-corrected chi connectivity index (χ0v) is 10.2. The average Bonchev–Trinajstić information content (AvgIpc) is 2.83. The average molecular weight is 251 g/mol. The van der Waals surface area contributed by atoms with E-state index in [1.807, 2.05) is 4.57 Å². The number of carbonyl (C=O) groups is 1. The third kappa shape index (κ3) is 1.90. The van der Waals surface area contributed by atoms with Gasteiger partial charge in [0.25, 0.3) is 0 Å². The normalized spacial score (nSPS) is 27.8. The summed E-state index contributed by atoms with van der Waals surface area (Å²) in [5.41, 5.74) is 0. The molecule has 1 N–H and O–H groups in total. The number of hydrogen-bond donors (Lipinski definition) is 1. The zero-order valence-electron chi connectivity index (χ0n) is 10.2. The van der Waals surface area contributed by atoms with Crippen molar-refractivity contribution in [1.29, 1.82) is 0 Å². The van der Waals surface area contributed by atoms with Crippen LogP contribution in [0.4, 0.5) is 0 Å². The minimum atomic E-state index is -0.784. The highest BCUT2D eigenvalue weighted by molar-refractivity contribution is 5.72. The molecule has 98 valence electrons. The van der Waals surface area contributed by atoms with Crippen LogP contribution in [-0.4, -0.2) is 39.1 Å². The highest BCUT2D eigenvalue weighted by Crippen LogP contribution is 2.31. The topological polar surface area (TPSA) is 77.2 Å². The standard InChI is InChI=1S/C12H17N3O3/c16-12(17)9-4-1-5-10-13-14-11(15(9)10)8-3-2-6-18-7-8/h8-9H,1-7H2,(H,16,17). The van der Waals surface area contributed by atoms with Crippen LogP contribution < -0.4 is 0 Å². The van der Waals surface area contributed by atoms with E-state index in [9.17, 15) is 9.90 Å². The molecule has 0 amide bonds. The molecule has 2 aliphatic heterocycles. The van der Waals surface area contributed by atoms with E-state index in [-0.39, 0.29) is 5.92 Å². The number of nitrogens with zero attached hydrogens (tertiary/aromatic N) is 3. The molecule has 0 saturated carbocycles. The lowest BCUT2D eigenvalue weighted by Crippen LogP contribution is -2.29. The van der Waals surface area contributed by atoms with Crippen molar-refractivity contribution in [3.8, 4) is 0 Å². The largest absolute Gasteiger partial charge is 0.480 e. The Labute approximate surface area is 105 Å². The first kappa shape index (κ1) is 11.6. The molecule has 2 atom stereocenters. The second-order valence-corrected chi connectivity index (χ2v) is 5.00. The third-order valence-electron chi connectivity index (χ3n) is 3.79. The van der Waals surface area contributed by atoms with Crippen LogP contribution in [0.1, 0.15) is 49.3 Å². The van der Waals surface area contributed by atoms with Crippen molar-refractivity contribution in [1.82, 2.24) is 14.8 Å². The highest BCUT2D eigenvalue weighted by atomic mass is 16.5. The molecule has 3 heterocycles. The summed E-state index contributed by atoms with van der Waals surface area (Å²) in [6, 6.07) is -0.499. The van der Waals surface area contributed by atoms with Crippen LogP contribution in [-0.2, 0) is 16.0 Å². The molecule has 6 nitrogen and oxygen atoms in total. The Morgan fingerprint density at radius 3 is 2.94 bits per heavy atom. The van der Waals surface area contributed by atoms with Gasteiger partial charge in [-0.05, 0) is 25.7 Å². The lowest BCUT2D eigenvalue weighted by molar-refractivity contribution is -0.141. The molecule has 6 heteroatoms. The Morgan fingerprint density at radius 1 is 1.33 bits per heavy atom. The van der Waals surface area contributed by atoms with Gasteiger partial charge in [-0.3, -0.25) is 0 Å². The molecule has 0 radical (unpaired) electrons. The summed E-state index contributed by atoms with van der Waals surface area (Å²) in [5.74, 6) is 1.03. The van der Waals surface area contributed by atoms with Crippen molar-refractivity contribution < 1.29 is 14.6 Å². The van der Waals surface area contributed by atoms with Gasteiger partial charge in [0.05, 0.1) is 6.61 Å². The van der Waals surface area contributed by atoms with Crippen LogP contribution in [0, 0.1) is 0 Å². The second kappa shape index (κ2) is 4.68. The molecule has 2 unspecified atom stereocenters. The minimum Gasteiger partial charge on any atom is -0.480 e. The lowest BCUT2D eigenvalue weighted by atomic mass is 9.98. The van der Waals surface area contributed by atoms with Gasteiger partial charge in [-0.15, -0.1) is 10.2 Å². The van der Waals surface area contributed by atoms with Crippen LogP contribution in [0.5, 0.6) is 0 Å². The first-order chi connectivity index (χ1) is 8.77. The molecule has 1 aromatic rings. The van der Waals surface area contributed by atoms with Gasteiger partial charge >= 0.3 is 5.97 Å². The van der Waals surface area contributed by atoms with E-state index in [2.05, 4.69) is 10.2 Å². The van der Waals surface area contributed by atoms with Gasteiger partial charge in [-0.25, -0.2) is 4.79 Å². The van der Waals surface area contributed by atoms with Gasteiger partial charge in [0.2, 0.25) is 0 Å². The Balaban J connectivity index is 1.96. The first-order valence-corrected chi connectivity index (χ1v) is 6.51. The quantitative estimate of drug-likeness (QED) is 0.852. The number of aryl methyl sites for hydroxylation is 1. The van der Waals surface area contributed by atoms with Crippen LogP contribution in [0.2, 0.25) is 0 Å². The van der Waals surface area contributed by atoms with Crippen molar-refractivity contribution in [3.05, 3.63) is 11.6 Å². The molecule has 2 aliphatic rings. The predicted octanol–water partition coefficient (Wildman–Crippen LogP) is 1.13. The number of carboxylic acid groups (broad SMARTS) is 1. The summed E-state index contributed by atoms with van der Waals surface area (Å²) in [5, 5.41) is 17.7. The number of aromatic nitrogens is 3. The Morgan fingerprint density at radius 2 is 2.22 bits per heavy atom.